The largest absolute Gasteiger partial charge is 0.359 e. The molecule has 0 bridgehead atoms. The molecular weight excluding hydrogens is 268 g/mol. The Kier molecular flexibility index (Phi) is 5.59. The summed E-state index contributed by atoms with van der Waals surface area (Å²) >= 11 is 0. The van der Waals surface area contributed by atoms with Crippen LogP contribution >= 0.6 is 0 Å². The summed E-state index contributed by atoms with van der Waals surface area (Å²) in [5.74, 6) is 1.52. The monoisotopic (exact) mass is 292 g/mol. The van der Waals surface area contributed by atoms with Gasteiger partial charge in [0, 0.05) is 39.8 Å². The minimum atomic E-state index is 0.134. The highest BCUT2D eigenvalue weighted by molar-refractivity contribution is 5.80. The van der Waals surface area contributed by atoms with Gasteiger partial charge in [-0.15, -0.1) is 0 Å². The van der Waals surface area contributed by atoms with Gasteiger partial charge in [-0.3, -0.25) is 14.9 Å². The summed E-state index contributed by atoms with van der Waals surface area (Å²) in [5.41, 5.74) is 1.03. The van der Waals surface area contributed by atoms with E-state index in [1.54, 1.807) is 20.3 Å². The molecule has 0 spiro atoms. The number of aromatic amines is 1. The lowest BCUT2D eigenvalue weighted by Gasteiger charge is -2.34. The maximum atomic E-state index is 11.4. The van der Waals surface area contributed by atoms with E-state index in [2.05, 4.69) is 30.7 Å². The van der Waals surface area contributed by atoms with Crippen LogP contribution in [0.5, 0.6) is 0 Å². The normalized spacial score (nSPS) is 16.9. The van der Waals surface area contributed by atoms with E-state index >= 15 is 0 Å². The molecule has 0 aromatic carbocycles. The summed E-state index contributed by atoms with van der Waals surface area (Å²) in [4.78, 5) is 18.0. The summed E-state index contributed by atoms with van der Waals surface area (Å²) in [6.07, 6.45) is 4.42. The van der Waals surface area contributed by atoms with Crippen LogP contribution in [0.15, 0.2) is 17.3 Å². The number of carbonyl (C=O) groups is 1. The number of rotatable bonds is 4. The Balaban J connectivity index is 1.78. The van der Waals surface area contributed by atoms with Gasteiger partial charge in [-0.2, -0.15) is 5.10 Å². The minimum absolute atomic E-state index is 0.134. The smallest absolute Gasteiger partial charge is 0.220 e. The molecule has 1 aromatic heterocycles. The molecule has 1 fully saturated rings. The molecule has 1 saturated heterocycles. The lowest BCUT2D eigenvalue weighted by atomic mass is 9.93. The fraction of sp³-hybridized carbons (Fsp3) is 0.643. The van der Waals surface area contributed by atoms with Gasteiger partial charge in [0.2, 0.25) is 5.91 Å². The van der Waals surface area contributed by atoms with Crippen LogP contribution in [0.3, 0.4) is 0 Å². The Labute approximate surface area is 125 Å². The van der Waals surface area contributed by atoms with E-state index in [9.17, 15) is 4.79 Å². The Morgan fingerprint density at radius 2 is 2.29 bits per heavy atom. The van der Waals surface area contributed by atoms with Crippen molar-refractivity contribution in [1.82, 2.24) is 25.7 Å². The van der Waals surface area contributed by atoms with E-state index in [1.807, 2.05) is 6.07 Å². The van der Waals surface area contributed by atoms with Gasteiger partial charge >= 0.3 is 0 Å². The third-order valence-electron chi connectivity index (χ3n) is 3.87. The minimum Gasteiger partial charge on any atom is -0.359 e. The highest BCUT2D eigenvalue weighted by atomic mass is 16.1. The van der Waals surface area contributed by atoms with Crippen molar-refractivity contribution < 1.29 is 4.79 Å². The topological polar surface area (TPSA) is 85.4 Å². The van der Waals surface area contributed by atoms with E-state index in [4.69, 9.17) is 0 Å². The van der Waals surface area contributed by atoms with Gasteiger partial charge in [-0.1, -0.05) is 0 Å². The van der Waals surface area contributed by atoms with Crippen LogP contribution in [-0.4, -0.2) is 54.1 Å². The molecule has 116 valence electrons. The summed E-state index contributed by atoms with van der Waals surface area (Å²) in [6.45, 7) is 2.56. The molecule has 0 saturated carbocycles. The van der Waals surface area contributed by atoms with Gasteiger partial charge in [0.25, 0.3) is 0 Å². The lowest BCUT2D eigenvalue weighted by molar-refractivity contribution is -0.121. The quantitative estimate of drug-likeness (QED) is 0.551. The highest BCUT2D eigenvalue weighted by Crippen LogP contribution is 2.20. The van der Waals surface area contributed by atoms with Gasteiger partial charge in [0.05, 0.1) is 12.2 Å². The predicted molar refractivity (Wildman–Crippen MR) is 81.8 cm³/mol. The Bertz CT molecular complexity index is 462. The Hall–Kier alpha value is -2.05. The molecule has 0 unspecified atom stereocenters. The zero-order chi connectivity index (χ0) is 15.1. The molecule has 3 N–H and O–H groups in total. The number of amides is 1. The standard InChI is InChI=1S/C14H24N6O/c1-15-13(21)9-11-4-7-20(8-5-11)14(16-2)17-10-12-3-6-18-19-12/h3,6,11H,4-5,7-10H2,1-2H3,(H,15,21)(H,16,17)(H,18,19). The second-order valence-electron chi connectivity index (χ2n) is 5.29. The van der Waals surface area contributed by atoms with E-state index in [1.165, 1.54) is 0 Å². The van der Waals surface area contributed by atoms with Crippen molar-refractivity contribution in [2.75, 3.05) is 27.2 Å². The number of hydrogen-bond acceptors (Lipinski definition) is 3. The molecular formula is C14H24N6O. The number of likely N-dealkylation sites (tertiary alicyclic amines) is 1. The van der Waals surface area contributed by atoms with Crippen LogP contribution < -0.4 is 10.6 Å². The molecule has 1 aliphatic rings. The molecule has 1 amide bonds. The molecule has 2 heterocycles. The summed E-state index contributed by atoms with van der Waals surface area (Å²) in [6, 6.07) is 1.94. The van der Waals surface area contributed by atoms with Crippen molar-refractivity contribution in [3.8, 4) is 0 Å². The SMILES string of the molecule is CN=C(NCc1ccn[nH]1)N1CCC(CC(=O)NC)CC1. The number of aliphatic imine (C=N–C) groups is 1. The average Bonchev–Trinajstić information content (AvgIpc) is 3.02. The van der Waals surface area contributed by atoms with Gasteiger partial charge in [0.1, 0.15) is 0 Å². The molecule has 1 aromatic rings. The van der Waals surface area contributed by atoms with Crippen molar-refractivity contribution in [2.24, 2.45) is 10.9 Å². The third-order valence-corrected chi connectivity index (χ3v) is 3.87. The van der Waals surface area contributed by atoms with Crippen molar-refractivity contribution >= 4 is 11.9 Å². The molecule has 0 radical (unpaired) electrons. The number of H-pyrrole nitrogens is 1. The number of nitrogens with zero attached hydrogens (tertiary/aromatic N) is 3. The number of hydrogen-bond donors (Lipinski definition) is 3. The second-order valence-corrected chi connectivity index (χ2v) is 5.29. The van der Waals surface area contributed by atoms with E-state index in [0.717, 1.165) is 37.6 Å². The van der Waals surface area contributed by atoms with E-state index < -0.39 is 0 Å². The van der Waals surface area contributed by atoms with Crippen molar-refractivity contribution in [3.63, 3.8) is 0 Å². The van der Waals surface area contributed by atoms with E-state index in [0.29, 0.717) is 18.9 Å². The van der Waals surface area contributed by atoms with Crippen LogP contribution in [0.2, 0.25) is 0 Å². The first kappa shape index (κ1) is 15.3. The van der Waals surface area contributed by atoms with Gasteiger partial charge in [0.15, 0.2) is 5.96 Å². The molecule has 1 aliphatic heterocycles. The van der Waals surface area contributed by atoms with Gasteiger partial charge in [-0.05, 0) is 24.8 Å². The fourth-order valence-electron chi connectivity index (χ4n) is 2.60. The van der Waals surface area contributed by atoms with Crippen molar-refractivity contribution in [3.05, 3.63) is 18.0 Å². The lowest BCUT2D eigenvalue weighted by Crippen LogP contribution is -2.45. The first-order valence-electron chi connectivity index (χ1n) is 7.37. The van der Waals surface area contributed by atoms with E-state index in [-0.39, 0.29) is 5.91 Å². The average molecular weight is 292 g/mol. The van der Waals surface area contributed by atoms with Crippen molar-refractivity contribution in [1.29, 1.82) is 0 Å². The molecule has 0 aliphatic carbocycles. The van der Waals surface area contributed by atoms with Crippen LogP contribution in [0.25, 0.3) is 0 Å². The number of carbonyl (C=O) groups excluding carboxylic acids is 1. The van der Waals surface area contributed by atoms with Gasteiger partial charge in [-0.25, -0.2) is 0 Å². The molecule has 21 heavy (non-hydrogen) atoms. The van der Waals surface area contributed by atoms with Crippen LogP contribution in [0.4, 0.5) is 0 Å². The third kappa shape index (κ3) is 4.47. The zero-order valence-electron chi connectivity index (χ0n) is 12.7. The maximum Gasteiger partial charge on any atom is 0.220 e. The summed E-state index contributed by atoms with van der Waals surface area (Å²) in [7, 11) is 3.49. The second kappa shape index (κ2) is 7.66. The molecule has 7 heteroatoms. The van der Waals surface area contributed by atoms with Crippen LogP contribution in [0.1, 0.15) is 25.0 Å². The number of guanidine groups is 1. The molecule has 2 rings (SSSR count). The number of aromatic nitrogens is 2. The zero-order valence-corrected chi connectivity index (χ0v) is 12.7. The van der Waals surface area contributed by atoms with Gasteiger partial charge < -0.3 is 15.5 Å². The van der Waals surface area contributed by atoms with Crippen molar-refractivity contribution in [2.45, 2.75) is 25.8 Å². The van der Waals surface area contributed by atoms with Crippen LogP contribution in [0, 0.1) is 5.92 Å². The number of nitrogens with one attached hydrogen (secondary N) is 3. The first-order valence-corrected chi connectivity index (χ1v) is 7.37. The first-order chi connectivity index (χ1) is 10.2. The highest BCUT2D eigenvalue weighted by Gasteiger charge is 2.22. The maximum absolute atomic E-state index is 11.4. The number of piperidine rings is 1. The van der Waals surface area contributed by atoms with Crippen LogP contribution in [-0.2, 0) is 11.3 Å². The predicted octanol–water partition coefficient (Wildman–Crippen LogP) is 0.333. The Morgan fingerprint density at radius 1 is 1.52 bits per heavy atom. The Morgan fingerprint density at radius 3 is 2.86 bits per heavy atom. The summed E-state index contributed by atoms with van der Waals surface area (Å²) in [5, 5.41) is 12.9. The fourth-order valence-corrected chi connectivity index (χ4v) is 2.60. The molecule has 7 nitrogen and oxygen atoms in total. The summed E-state index contributed by atoms with van der Waals surface area (Å²) < 4.78 is 0. The molecule has 0 atom stereocenters.